The molecule has 0 aromatic heterocycles. The summed E-state index contributed by atoms with van der Waals surface area (Å²) in [5, 5.41) is 17.7. The normalized spacial score (nSPS) is 11.3. The summed E-state index contributed by atoms with van der Waals surface area (Å²) < 4.78 is 10.1. The summed E-state index contributed by atoms with van der Waals surface area (Å²) in [6.07, 6.45) is 11.1. The van der Waals surface area contributed by atoms with E-state index in [2.05, 4.69) is 13.8 Å². The Morgan fingerprint density at radius 1 is 0.778 bits per heavy atom. The van der Waals surface area contributed by atoms with Crippen molar-refractivity contribution in [3.63, 3.8) is 0 Å². The number of hydrogen-bond acceptors (Lipinski definition) is 4. The first-order valence-corrected chi connectivity index (χ1v) is 8.64. The van der Waals surface area contributed by atoms with Crippen LogP contribution in [-0.4, -0.2) is 0 Å². The molecule has 0 atom stereocenters. The van der Waals surface area contributed by atoms with Crippen LogP contribution < -0.4 is 9.47 Å². The first kappa shape index (κ1) is 19.8. The maximum atomic E-state index is 8.83. The SMILES string of the molecule is C/C=C/c1cc(C(C)(C)c2ccc(OC#N)c(/C=C/C)c2)ccc1OC#N. The molecule has 0 spiro atoms. The van der Waals surface area contributed by atoms with E-state index in [1.54, 1.807) is 12.5 Å². The number of allylic oxidation sites excluding steroid dienone is 2. The topological polar surface area (TPSA) is 66.0 Å². The van der Waals surface area contributed by atoms with Crippen molar-refractivity contribution in [3.8, 4) is 24.0 Å². The number of ether oxygens (including phenoxy) is 2. The Labute approximate surface area is 160 Å². The van der Waals surface area contributed by atoms with Gasteiger partial charge in [0.2, 0.25) is 0 Å². The van der Waals surface area contributed by atoms with Crippen molar-refractivity contribution in [2.24, 2.45) is 0 Å². The van der Waals surface area contributed by atoms with Gasteiger partial charge in [-0.3, -0.25) is 0 Å². The molecule has 0 bridgehead atoms. The second-order valence-electron chi connectivity index (χ2n) is 6.52. The lowest BCUT2D eigenvalue weighted by Gasteiger charge is -2.27. The highest BCUT2D eigenvalue weighted by atomic mass is 16.5. The lowest BCUT2D eigenvalue weighted by Crippen LogP contribution is -2.19. The maximum Gasteiger partial charge on any atom is 0.292 e. The third-order valence-electron chi connectivity index (χ3n) is 4.47. The van der Waals surface area contributed by atoms with E-state index >= 15 is 0 Å². The highest BCUT2D eigenvalue weighted by molar-refractivity contribution is 5.62. The minimum Gasteiger partial charge on any atom is -0.387 e. The van der Waals surface area contributed by atoms with Gasteiger partial charge in [-0.05, 0) is 49.2 Å². The monoisotopic (exact) mass is 358 g/mol. The van der Waals surface area contributed by atoms with Gasteiger partial charge >= 0.3 is 0 Å². The molecule has 0 unspecified atom stereocenters. The van der Waals surface area contributed by atoms with E-state index in [4.69, 9.17) is 20.0 Å². The fourth-order valence-corrected chi connectivity index (χ4v) is 2.94. The van der Waals surface area contributed by atoms with Gasteiger partial charge in [0, 0.05) is 16.5 Å². The highest BCUT2D eigenvalue weighted by Gasteiger charge is 2.25. The smallest absolute Gasteiger partial charge is 0.292 e. The minimum atomic E-state index is -0.303. The predicted octanol–water partition coefficient (Wildman–Crippen LogP) is 5.80. The van der Waals surface area contributed by atoms with E-state index in [9.17, 15) is 0 Å². The Morgan fingerprint density at radius 3 is 1.52 bits per heavy atom. The molecule has 0 amide bonds. The van der Waals surface area contributed by atoms with Gasteiger partial charge in [0.05, 0.1) is 0 Å². The van der Waals surface area contributed by atoms with Gasteiger partial charge in [0.25, 0.3) is 12.5 Å². The van der Waals surface area contributed by atoms with E-state index in [0.29, 0.717) is 11.5 Å². The average Bonchev–Trinajstić information content (AvgIpc) is 2.65. The second kappa shape index (κ2) is 8.74. The standard InChI is InChI=1S/C23H22N2O2/c1-5-7-17-13-19(9-11-21(17)26-15-24)23(3,4)20-10-12-22(27-16-25)18(14-20)8-6-2/h5-14H,1-4H3/b7-5+,8-6+. The van der Waals surface area contributed by atoms with Crippen LogP contribution in [0, 0.1) is 23.0 Å². The first-order valence-electron chi connectivity index (χ1n) is 8.64. The number of nitrogens with zero attached hydrogens (tertiary/aromatic N) is 2. The van der Waals surface area contributed by atoms with Crippen LogP contribution in [0.5, 0.6) is 11.5 Å². The van der Waals surface area contributed by atoms with Gasteiger partial charge in [-0.1, -0.05) is 50.3 Å². The molecule has 4 nitrogen and oxygen atoms in total. The molecule has 0 heterocycles. The first-order chi connectivity index (χ1) is 13.0. The largest absolute Gasteiger partial charge is 0.387 e. The van der Waals surface area contributed by atoms with Crippen LogP contribution in [0.1, 0.15) is 49.9 Å². The molecule has 0 aliphatic rings. The zero-order chi connectivity index (χ0) is 19.9. The molecule has 2 aromatic carbocycles. The molecule has 27 heavy (non-hydrogen) atoms. The third-order valence-corrected chi connectivity index (χ3v) is 4.47. The van der Waals surface area contributed by atoms with E-state index in [1.165, 1.54) is 0 Å². The predicted molar refractivity (Wildman–Crippen MR) is 107 cm³/mol. The van der Waals surface area contributed by atoms with E-state index in [-0.39, 0.29) is 5.41 Å². The van der Waals surface area contributed by atoms with Crippen LogP contribution in [0.2, 0.25) is 0 Å². The molecule has 0 saturated heterocycles. The van der Waals surface area contributed by atoms with Gasteiger partial charge in [0.1, 0.15) is 11.5 Å². The van der Waals surface area contributed by atoms with Crippen molar-refractivity contribution in [2.75, 3.05) is 0 Å². The molecule has 4 heteroatoms. The number of benzene rings is 2. The Bertz CT molecular complexity index is 880. The van der Waals surface area contributed by atoms with Crippen LogP contribution in [-0.2, 0) is 5.41 Å². The van der Waals surface area contributed by atoms with Gasteiger partial charge in [0.15, 0.2) is 0 Å². The minimum absolute atomic E-state index is 0.303. The molecule has 0 fully saturated rings. The van der Waals surface area contributed by atoms with Gasteiger partial charge in [-0.2, -0.15) is 0 Å². The molecule has 0 aliphatic heterocycles. The summed E-state index contributed by atoms with van der Waals surface area (Å²) in [7, 11) is 0. The molecular formula is C23H22N2O2. The molecular weight excluding hydrogens is 336 g/mol. The zero-order valence-corrected chi connectivity index (χ0v) is 16.0. The fourth-order valence-electron chi connectivity index (χ4n) is 2.94. The molecule has 0 radical (unpaired) electrons. The second-order valence-corrected chi connectivity index (χ2v) is 6.52. The highest BCUT2D eigenvalue weighted by Crippen LogP contribution is 2.36. The Balaban J connectivity index is 2.55. The fraction of sp³-hybridized carbons (Fsp3) is 0.217. The summed E-state index contributed by atoms with van der Waals surface area (Å²) in [6.45, 7) is 8.11. The van der Waals surface area contributed by atoms with Gasteiger partial charge in [-0.15, -0.1) is 10.5 Å². The summed E-state index contributed by atoms with van der Waals surface area (Å²) in [6, 6.07) is 11.6. The lowest BCUT2D eigenvalue weighted by molar-refractivity contribution is 0.504. The van der Waals surface area contributed by atoms with E-state index in [0.717, 1.165) is 22.3 Å². The maximum absolute atomic E-state index is 8.83. The summed E-state index contributed by atoms with van der Waals surface area (Å²) in [5.74, 6) is 1.06. The Hall–Kier alpha value is -3.50. The third kappa shape index (κ3) is 4.37. The number of nitriles is 2. The molecule has 136 valence electrons. The Morgan fingerprint density at radius 2 is 1.19 bits per heavy atom. The van der Waals surface area contributed by atoms with E-state index < -0.39 is 0 Å². The number of rotatable bonds is 6. The average molecular weight is 358 g/mol. The van der Waals surface area contributed by atoms with Crippen LogP contribution in [0.3, 0.4) is 0 Å². The molecule has 0 aliphatic carbocycles. The molecule has 2 aromatic rings. The summed E-state index contributed by atoms with van der Waals surface area (Å²) in [5.41, 5.74) is 3.57. The summed E-state index contributed by atoms with van der Waals surface area (Å²) in [4.78, 5) is 0. The van der Waals surface area contributed by atoms with Crippen molar-refractivity contribution < 1.29 is 9.47 Å². The van der Waals surface area contributed by atoms with Gasteiger partial charge in [-0.25, -0.2) is 0 Å². The molecule has 0 saturated carbocycles. The summed E-state index contributed by atoms with van der Waals surface area (Å²) >= 11 is 0. The lowest BCUT2D eigenvalue weighted by atomic mass is 9.77. The quantitative estimate of drug-likeness (QED) is 0.612. The van der Waals surface area contributed by atoms with Crippen LogP contribution in [0.15, 0.2) is 48.6 Å². The van der Waals surface area contributed by atoms with Crippen LogP contribution >= 0.6 is 0 Å². The van der Waals surface area contributed by atoms with Crippen LogP contribution in [0.25, 0.3) is 12.2 Å². The van der Waals surface area contributed by atoms with Gasteiger partial charge < -0.3 is 9.47 Å². The Kier molecular flexibility index (Phi) is 6.41. The van der Waals surface area contributed by atoms with Crippen molar-refractivity contribution in [1.29, 1.82) is 10.5 Å². The van der Waals surface area contributed by atoms with E-state index in [1.807, 2.05) is 74.5 Å². The van der Waals surface area contributed by atoms with Crippen molar-refractivity contribution >= 4 is 12.2 Å². The number of hydrogen-bond donors (Lipinski definition) is 0. The van der Waals surface area contributed by atoms with Crippen LogP contribution in [0.4, 0.5) is 0 Å². The molecule has 2 rings (SSSR count). The van der Waals surface area contributed by atoms with Crippen molar-refractivity contribution in [1.82, 2.24) is 0 Å². The van der Waals surface area contributed by atoms with Crippen molar-refractivity contribution in [3.05, 3.63) is 70.8 Å². The zero-order valence-electron chi connectivity index (χ0n) is 16.0. The molecule has 0 N–H and O–H groups in total. The van der Waals surface area contributed by atoms with Crippen molar-refractivity contribution in [2.45, 2.75) is 33.1 Å².